The molecule has 2 atom stereocenters. The van der Waals surface area contributed by atoms with Gasteiger partial charge in [0.25, 0.3) is 0 Å². The summed E-state index contributed by atoms with van der Waals surface area (Å²) in [6.45, 7) is 3.08. The predicted octanol–water partition coefficient (Wildman–Crippen LogP) is 12.5. The van der Waals surface area contributed by atoms with E-state index in [2.05, 4.69) is 200 Å². The fourth-order valence-corrected chi connectivity index (χ4v) is 8.96. The zero-order chi connectivity index (χ0) is 36.3. The number of benzene rings is 6. The van der Waals surface area contributed by atoms with Crippen molar-refractivity contribution < 1.29 is 0 Å². The number of para-hydroxylation sites is 1. The third-order valence-electron chi connectivity index (χ3n) is 11.4. The molecule has 0 bridgehead atoms. The number of anilines is 1. The van der Waals surface area contributed by atoms with E-state index in [1.54, 1.807) is 0 Å². The molecule has 0 heterocycles. The Kier molecular flexibility index (Phi) is 9.10. The highest BCUT2D eigenvalue weighted by Gasteiger charge is 2.50. The van der Waals surface area contributed by atoms with Crippen LogP contribution < -0.4 is 5.32 Å². The van der Waals surface area contributed by atoms with Gasteiger partial charge in [0.2, 0.25) is 0 Å². The highest BCUT2D eigenvalue weighted by molar-refractivity contribution is 5.99. The molecule has 2 unspecified atom stereocenters. The van der Waals surface area contributed by atoms with E-state index in [9.17, 15) is 0 Å². The molecule has 0 aromatic heterocycles. The molecule has 0 aliphatic heterocycles. The van der Waals surface area contributed by atoms with Gasteiger partial charge in [-0.05, 0) is 92.1 Å². The van der Waals surface area contributed by atoms with E-state index in [0.29, 0.717) is 12.5 Å². The van der Waals surface area contributed by atoms with Crippen LogP contribution in [0.15, 0.2) is 204 Å². The lowest BCUT2D eigenvalue weighted by Crippen LogP contribution is -2.32. The van der Waals surface area contributed by atoms with Crippen molar-refractivity contribution in [3.63, 3.8) is 0 Å². The smallest absolute Gasteiger partial charge is 0.0679 e. The normalized spacial score (nSPS) is 18.4. The average molecular weight is 697 g/mol. The van der Waals surface area contributed by atoms with Crippen LogP contribution >= 0.6 is 0 Å². The van der Waals surface area contributed by atoms with Crippen molar-refractivity contribution in [3.8, 4) is 22.3 Å². The van der Waals surface area contributed by atoms with Crippen LogP contribution in [0.1, 0.15) is 47.6 Å². The predicted molar refractivity (Wildman–Crippen MR) is 228 cm³/mol. The average Bonchev–Trinajstić information content (AvgIpc) is 3.55. The summed E-state index contributed by atoms with van der Waals surface area (Å²) in [5.41, 5.74) is 16.3. The lowest BCUT2D eigenvalue weighted by Gasteiger charge is -2.38. The minimum atomic E-state index is -0.365. The van der Waals surface area contributed by atoms with Crippen molar-refractivity contribution in [1.29, 1.82) is 0 Å². The van der Waals surface area contributed by atoms with Gasteiger partial charge in [0.15, 0.2) is 0 Å². The van der Waals surface area contributed by atoms with Gasteiger partial charge in [0.1, 0.15) is 0 Å². The van der Waals surface area contributed by atoms with Gasteiger partial charge in [0.05, 0.1) is 12.0 Å². The lowest BCUT2D eigenvalue weighted by molar-refractivity contribution is 0.583. The molecule has 262 valence electrons. The van der Waals surface area contributed by atoms with E-state index in [1.165, 1.54) is 61.2 Å². The number of nitrogens with one attached hydrogen (secondary N) is 1. The minimum Gasteiger partial charge on any atom is -0.378 e. The van der Waals surface area contributed by atoms with Crippen LogP contribution in [0, 0.1) is 5.92 Å². The third-order valence-corrected chi connectivity index (χ3v) is 11.4. The van der Waals surface area contributed by atoms with Crippen molar-refractivity contribution >= 4 is 17.5 Å². The van der Waals surface area contributed by atoms with Crippen molar-refractivity contribution in [2.45, 2.75) is 31.2 Å². The molecule has 0 fully saturated rings. The summed E-state index contributed by atoms with van der Waals surface area (Å²) in [6.07, 6.45) is 15.6. The third kappa shape index (κ3) is 6.08. The number of fused-ring (bicyclic) bond motifs is 2. The van der Waals surface area contributed by atoms with Gasteiger partial charge in [-0.15, -0.1) is 0 Å². The first kappa shape index (κ1) is 33.6. The van der Waals surface area contributed by atoms with Crippen LogP contribution in [0.5, 0.6) is 0 Å². The molecular weight excluding hydrogens is 653 g/mol. The largest absolute Gasteiger partial charge is 0.378 e. The summed E-state index contributed by atoms with van der Waals surface area (Å²) in [5.74, 6) is 0.399. The van der Waals surface area contributed by atoms with Crippen LogP contribution in [0.3, 0.4) is 0 Å². The van der Waals surface area contributed by atoms with Crippen molar-refractivity contribution in [1.82, 2.24) is 0 Å². The molecule has 3 aliphatic rings. The second kappa shape index (κ2) is 14.6. The molecule has 2 heteroatoms. The minimum absolute atomic E-state index is 0.190. The fraction of sp³-hybridized carbons (Fsp3) is 0.135. The maximum Gasteiger partial charge on any atom is 0.0679 e. The standard InChI is InChI=1S/C52H44N2/c1-37-16-13-27-47-50-46(26-15-28-48(50)52(51(37)47,42-21-7-3-8-22-42)43-23-9-4-10-24-43)45-25-11-12-29-49(45)54-44-32-30-38(31-33-44)35-53-36-39-17-14-20-41(34-39)40-18-5-2-6-19-40/h2-15,17-32,34,36-37,44,54H,16,33,35H2,1H3. The van der Waals surface area contributed by atoms with E-state index < -0.39 is 0 Å². The van der Waals surface area contributed by atoms with Crippen molar-refractivity contribution in [2.24, 2.45) is 10.9 Å². The van der Waals surface area contributed by atoms with Crippen molar-refractivity contribution in [3.05, 3.63) is 227 Å². The molecule has 6 aromatic rings. The van der Waals surface area contributed by atoms with Crippen molar-refractivity contribution in [2.75, 3.05) is 11.9 Å². The first-order valence-corrected chi connectivity index (χ1v) is 19.2. The highest BCUT2D eigenvalue weighted by Crippen LogP contribution is 2.60. The molecule has 1 N–H and O–H groups in total. The number of rotatable bonds is 9. The summed E-state index contributed by atoms with van der Waals surface area (Å²) < 4.78 is 0. The van der Waals surface area contributed by atoms with Gasteiger partial charge < -0.3 is 5.32 Å². The SMILES string of the molecule is CC1CC=CC2=C1C(c1ccccc1)(c1ccccc1)c1cccc(-c3ccccc3NC3C=CC(CN=Cc4cccc(-c5ccccc5)c4)=CC3)c12. The monoisotopic (exact) mass is 696 g/mol. The lowest BCUT2D eigenvalue weighted by atomic mass is 9.63. The maximum atomic E-state index is 4.82. The Morgan fingerprint density at radius 1 is 0.667 bits per heavy atom. The second-order valence-corrected chi connectivity index (χ2v) is 14.7. The van der Waals surface area contributed by atoms with Crippen LogP contribution in [-0.2, 0) is 5.41 Å². The molecule has 0 radical (unpaired) electrons. The summed E-state index contributed by atoms with van der Waals surface area (Å²) in [5, 5.41) is 3.92. The molecule has 6 aromatic carbocycles. The Morgan fingerprint density at radius 3 is 2.07 bits per heavy atom. The zero-order valence-corrected chi connectivity index (χ0v) is 30.7. The number of hydrogen-bond acceptors (Lipinski definition) is 2. The second-order valence-electron chi connectivity index (χ2n) is 14.7. The summed E-state index contributed by atoms with van der Waals surface area (Å²) in [4.78, 5) is 4.82. The van der Waals surface area contributed by atoms with Gasteiger partial charge >= 0.3 is 0 Å². The van der Waals surface area contributed by atoms with E-state index in [4.69, 9.17) is 4.99 Å². The summed E-state index contributed by atoms with van der Waals surface area (Å²) in [6, 6.07) is 57.4. The number of nitrogens with zero attached hydrogens (tertiary/aromatic N) is 1. The molecule has 0 amide bonds. The number of allylic oxidation sites excluding steroid dienone is 4. The number of hydrogen-bond donors (Lipinski definition) is 1. The highest BCUT2D eigenvalue weighted by atomic mass is 14.9. The molecule has 3 aliphatic carbocycles. The fourth-order valence-electron chi connectivity index (χ4n) is 8.96. The Bertz CT molecular complexity index is 2410. The zero-order valence-electron chi connectivity index (χ0n) is 30.7. The van der Waals surface area contributed by atoms with E-state index in [-0.39, 0.29) is 11.5 Å². The van der Waals surface area contributed by atoms with Gasteiger partial charge in [-0.25, -0.2) is 0 Å². The first-order chi connectivity index (χ1) is 26.7. The molecular formula is C52H44N2. The first-order valence-electron chi connectivity index (χ1n) is 19.2. The summed E-state index contributed by atoms with van der Waals surface area (Å²) in [7, 11) is 0. The molecule has 54 heavy (non-hydrogen) atoms. The van der Waals surface area contributed by atoms with E-state index in [1.807, 2.05) is 6.21 Å². The van der Waals surface area contributed by atoms with Crippen LogP contribution in [0.25, 0.3) is 27.8 Å². The van der Waals surface area contributed by atoms with Crippen LogP contribution in [0.4, 0.5) is 5.69 Å². The van der Waals surface area contributed by atoms with Gasteiger partial charge in [-0.1, -0.05) is 183 Å². The Labute approximate surface area is 319 Å². The van der Waals surface area contributed by atoms with Crippen LogP contribution in [-0.4, -0.2) is 18.8 Å². The molecule has 2 nitrogen and oxygen atoms in total. The topological polar surface area (TPSA) is 24.4 Å². The van der Waals surface area contributed by atoms with Gasteiger partial charge in [-0.2, -0.15) is 0 Å². The Hall–Kier alpha value is -6.25. The number of aliphatic imine (C=N–C) groups is 1. The Morgan fingerprint density at radius 2 is 1.33 bits per heavy atom. The van der Waals surface area contributed by atoms with Gasteiger partial charge in [0, 0.05) is 23.5 Å². The maximum absolute atomic E-state index is 4.82. The molecule has 9 rings (SSSR count). The Balaban J connectivity index is 1.01. The van der Waals surface area contributed by atoms with E-state index >= 15 is 0 Å². The summed E-state index contributed by atoms with van der Waals surface area (Å²) >= 11 is 0. The van der Waals surface area contributed by atoms with Gasteiger partial charge in [-0.3, -0.25) is 4.99 Å². The van der Waals surface area contributed by atoms with E-state index in [0.717, 1.165) is 24.1 Å². The van der Waals surface area contributed by atoms with Crippen LogP contribution in [0.2, 0.25) is 0 Å². The molecule has 0 saturated carbocycles. The molecule has 0 saturated heterocycles. The quantitative estimate of drug-likeness (QED) is 0.150. The molecule has 0 spiro atoms.